The first-order valence-corrected chi connectivity index (χ1v) is 13.6. The van der Waals surface area contributed by atoms with Gasteiger partial charge in [-0.3, -0.25) is 9.59 Å². The fourth-order valence-corrected chi connectivity index (χ4v) is 5.43. The van der Waals surface area contributed by atoms with Gasteiger partial charge in [0.1, 0.15) is 18.4 Å². The maximum Gasteiger partial charge on any atom is 0.494 e. The number of carbonyl (C=O) groups excluding carboxylic acids is 3. The number of hydrogen-bond donors (Lipinski definition) is 0. The quantitative estimate of drug-likeness (QED) is 0.370. The van der Waals surface area contributed by atoms with E-state index in [1.54, 1.807) is 12.1 Å². The second-order valence-corrected chi connectivity index (χ2v) is 12.0. The summed E-state index contributed by atoms with van der Waals surface area (Å²) >= 11 is 0. The maximum atomic E-state index is 13.7. The summed E-state index contributed by atoms with van der Waals surface area (Å²) in [5, 5.41) is 0. The van der Waals surface area contributed by atoms with Gasteiger partial charge < -0.3 is 18.9 Å². The van der Waals surface area contributed by atoms with Crippen molar-refractivity contribution in [2.75, 3.05) is 6.54 Å². The molecule has 5 rings (SSSR count). The van der Waals surface area contributed by atoms with Crippen LogP contribution in [0.3, 0.4) is 0 Å². The second kappa shape index (κ2) is 10.1. The van der Waals surface area contributed by atoms with Gasteiger partial charge in [0, 0.05) is 18.5 Å². The van der Waals surface area contributed by atoms with Crippen molar-refractivity contribution in [3.8, 4) is 0 Å². The lowest BCUT2D eigenvalue weighted by molar-refractivity contribution is -0.187. The first-order valence-electron chi connectivity index (χ1n) is 13.6. The Morgan fingerprint density at radius 2 is 1.67 bits per heavy atom. The van der Waals surface area contributed by atoms with Gasteiger partial charge in [0.05, 0.1) is 11.2 Å². The molecule has 224 valence electrons. The molecule has 0 bridgehead atoms. The number of fused-ring (bicyclic) bond motifs is 2. The standard InChI is InChI=1S/C29H31BF4N2O6/c1-17(29(32,33)34)35(15-18-6-9-21(31)10-7-18)23(37)16-36-24(38)28(40-25(36)39)13-12-19-14-20(8-11-22(19)28)30-41-26(2,3)27(4,5)42-30/h6-11,14,17H,12-13,15-16H2,1-5H3/t17-,28+/m0/s1. The van der Waals surface area contributed by atoms with Gasteiger partial charge in [-0.1, -0.05) is 30.3 Å². The van der Waals surface area contributed by atoms with E-state index in [9.17, 15) is 31.9 Å². The average Bonchev–Trinajstić information content (AvgIpc) is 3.46. The van der Waals surface area contributed by atoms with Gasteiger partial charge in [0.15, 0.2) is 0 Å². The molecule has 0 radical (unpaired) electrons. The SMILES string of the molecule is C[C@H](N(Cc1ccc(F)cc1)C(=O)CN1C(=O)O[C@@]2(CCc3cc(B4OC(C)(C)C(C)(C)O4)ccc32)C1=O)C(F)(F)F. The highest BCUT2D eigenvalue weighted by atomic mass is 19.4. The van der Waals surface area contributed by atoms with E-state index in [2.05, 4.69) is 0 Å². The van der Waals surface area contributed by atoms with Crippen LogP contribution in [0.4, 0.5) is 22.4 Å². The lowest BCUT2D eigenvalue weighted by Crippen LogP contribution is -2.51. The molecule has 2 fully saturated rings. The normalized spacial score (nSPS) is 23.4. The van der Waals surface area contributed by atoms with Crippen LogP contribution in [0.15, 0.2) is 42.5 Å². The number of imide groups is 1. The molecule has 8 nitrogen and oxygen atoms in total. The molecule has 42 heavy (non-hydrogen) atoms. The van der Waals surface area contributed by atoms with Crippen molar-refractivity contribution in [2.45, 2.75) is 83.0 Å². The van der Waals surface area contributed by atoms with E-state index < -0.39 is 73.0 Å². The number of carbonyl (C=O) groups is 3. The van der Waals surface area contributed by atoms with Crippen molar-refractivity contribution < 1.29 is 46.0 Å². The first kappa shape index (κ1) is 30.0. The van der Waals surface area contributed by atoms with Crippen LogP contribution in [0.25, 0.3) is 0 Å². The highest BCUT2D eigenvalue weighted by Crippen LogP contribution is 2.45. The number of halogens is 4. The summed E-state index contributed by atoms with van der Waals surface area (Å²) < 4.78 is 72.2. The molecular formula is C29H31BF4N2O6. The molecule has 2 aliphatic heterocycles. The highest BCUT2D eigenvalue weighted by Gasteiger charge is 2.59. The summed E-state index contributed by atoms with van der Waals surface area (Å²) in [5.74, 6) is -2.51. The van der Waals surface area contributed by atoms with Gasteiger partial charge in [-0.05, 0) is 69.8 Å². The fourth-order valence-electron chi connectivity index (χ4n) is 5.43. The second-order valence-electron chi connectivity index (χ2n) is 12.0. The van der Waals surface area contributed by atoms with Crippen molar-refractivity contribution >= 4 is 30.5 Å². The maximum absolute atomic E-state index is 13.7. The number of ether oxygens (including phenoxy) is 1. The van der Waals surface area contributed by atoms with E-state index in [1.807, 2.05) is 33.8 Å². The third-order valence-electron chi connectivity index (χ3n) is 8.73. The van der Waals surface area contributed by atoms with Gasteiger partial charge in [-0.25, -0.2) is 14.1 Å². The van der Waals surface area contributed by atoms with Crippen molar-refractivity contribution in [3.05, 3.63) is 65.0 Å². The summed E-state index contributed by atoms with van der Waals surface area (Å²) in [6.45, 7) is 7.07. The third kappa shape index (κ3) is 5.06. The van der Waals surface area contributed by atoms with Crippen molar-refractivity contribution in [1.82, 2.24) is 9.80 Å². The Kier molecular flexibility index (Phi) is 7.21. The largest absolute Gasteiger partial charge is 0.494 e. The predicted octanol–water partition coefficient (Wildman–Crippen LogP) is 4.22. The van der Waals surface area contributed by atoms with Crippen LogP contribution in [-0.4, -0.2) is 64.8 Å². The molecule has 0 unspecified atom stereocenters. The van der Waals surface area contributed by atoms with E-state index in [4.69, 9.17) is 14.0 Å². The van der Waals surface area contributed by atoms with Gasteiger partial charge in [-0.15, -0.1) is 0 Å². The number of rotatable bonds is 6. The molecular weight excluding hydrogens is 559 g/mol. The average molecular weight is 590 g/mol. The van der Waals surface area contributed by atoms with Crippen LogP contribution < -0.4 is 5.46 Å². The Balaban J connectivity index is 1.36. The molecule has 0 N–H and O–H groups in total. The van der Waals surface area contributed by atoms with Gasteiger partial charge in [-0.2, -0.15) is 13.2 Å². The molecule has 2 aromatic rings. The molecule has 0 aromatic heterocycles. The minimum absolute atomic E-state index is 0.114. The Labute approximate surface area is 241 Å². The minimum atomic E-state index is -4.79. The highest BCUT2D eigenvalue weighted by molar-refractivity contribution is 6.62. The molecule has 3 aliphatic rings. The minimum Gasteiger partial charge on any atom is -0.427 e. The van der Waals surface area contributed by atoms with Crippen molar-refractivity contribution in [1.29, 1.82) is 0 Å². The van der Waals surface area contributed by atoms with Crippen LogP contribution in [0.2, 0.25) is 0 Å². The van der Waals surface area contributed by atoms with E-state index in [0.717, 1.165) is 30.1 Å². The monoisotopic (exact) mass is 590 g/mol. The number of benzene rings is 2. The molecule has 2 saturated heterocycles. The molecule has 0 saturated carbocycles. The zero-order valence-corrected chi connectivity index (χ0v) is 23.9. The fraction of sp³-hybridized carbons (Fsp3) is 0.483. The molecule has 3 amide bonds. The number of alkyl halides is 3. The van der Waals surface area contributed by atoms with E-state index in [1.165, 1.54) is 12.1 Å². The topological polar surface area (TPSA) is 85.4 Å². The van der Waals surface area contributed by atoms with Gasteiger partial charge >= 0.3 is 19.4 Å². The number of nitrogens with zero attached hydrogens (tertiary/aromatic N) is 2. The summed E-state index contributed by atoms with van der Waals surface area (Å²) in [7, 11) is -0.643. The van der Waals surface area contributed by atoms with Crippen LogP contribution in [-0.2, 0) is 42.2 Å². The van der Waals surface area contributed by atoms with Crippen LogP contribution in [0, 0.1) is 5.82 Å². The predicted molar refractivity (Wildman–Crippen MR) is 143 cm³/mol. The first-order chi connectivity index (χ1) is 19.4. The molecule has 2 heterocycles. The van der Waals surface area contributed by atoms with E-state index in [0.29, 0.717) is 21.8 Å². The summed E-state index contributed by atoms with van der Waals surface area (Å²) in [6, 6.07) is 7.62. The van der Waals surface area contributed by atoms with Crippen molar-refractivity contribution in [2.24, 2.45) is 0 Å². The lowest BCUT2D eigenvalue weighted by Gasteiger charge is -2.32. The molecule has 13 heteroatoms. The number of amides is 3. The Morgan fingerprint density at radius 1 is 1.05 bits per heavy atom. The summed E-state index contributed by atoms with van der Waals surface area (Å²) in [6.07, 6.45) is -5.41. The third-order valence-corrected chi connectivity index (χ3v) is 8.73. The van der Waals surface area contributed by atoms with Crippen LogP contribution >= 0.6 is 0 Å². The Bertz CT molecular complexity index is 1410. The Hall–Kier alpha value is -3.45. The molecule has 1 spiro atoms. The molecule has 2 atom stereocenters. The number of aryl methyl sites for hydroxylation is 1. The molecule has 1 aliphatic carbocycles. The lowest BCUT2D eigenvalue weighted by atomic mass is 9.77. The molecule has 2 aromatic carbocycles. The van der Waals surface area contributed by atoms with Crippen LogP contribution in [0.5, 0.6) is 0 Å². The Morgan fingerprint density at radius 3 is 2.26 bits per heavy atom. The van der Waals surface area contributed by atoms with E-state index in [-0.39, 0.29) is 12.0 Å². The summed E-state index contributed by atoms with van der Waals surface area (Å²) in [4.78, 5) is 40.8. The van der Waals surface area contributed by atoms with Gasteiger partial charge in [0.25, 0.3) is 5.91 Å². The zero-order valence-electron chi connectivity index (χ0n) is 23.9. The number of hydrogen-bond acceptors (Lipinski definition) is 6. The van der Waals surface area contributed by atoms with Gasteiger partial charge in [0.2, 0.25) is 11.5 Å². The zero-order chi connectivity index (χ0) is 30.8. The summed E-state index contributed by atoms with van der Waals surface area (Å²) in [5.41, 5.74) is -0.644. The van der Waals surface area contributed by atoms with Crippen LogP contribution in [0.1, 0.15) is 57.7 Å². The van der Waals surface area contributed by atoms with E-state index >= 15 is 0 Å². The van der Waals surface area contributed by atoms with Crippen molar-refractivity contribution in [3.63, 3.8) is 0 Å². The smallest absolute Gasteiger partial charge is 0.427 e.